The number of nitrogens with zero attached hydrogens (tertiary/aromatic N) is 2. The maximum atomic E-state index is 12.8. The molecule has 0 aliphatic rings. The van der Waals surface area contributed by atoms with Crippen LogP contribution in [0, 0.1) is 6.92 Å². The highest BCUT2D eigenvalue weighted by Gasteiger charge is 2.28. The fraction of sp³-hybridized carbons (Fsp3) is 0.364. The number of hydrogen-bond acceptors (Lipinski definition) is 6. The molecular weight excluding hydrogens is 278 g/mol. The largest absolute Gasteiger partial charge is 0.460 e. The zero-order chi connectivity index (χ0) is 14.0. The summed E-state index contributed by atoms with van der Waals surface area (Å²) in [5.74, 6) is -1.64. The minimum Gasteiger partial charge on any atom is -0.460 e. The average molecular weight is 288 g/mol. The molecule has 2 aromatic heterocycles. The highest BCUT2D eigenvalue weighted by atomic mass is 32.1. The topological polar surface area (TPSA) is 65.2 Å². The lowest BCUT2D eigenvalue weighted by Gasteiger charge is -1.99. The van der Waals surface area contributed by atoms with Crippen LogP contribution < -0.4 is 0 Å². The summed E-state index contributed by atoms with van der Waals surface area (Å²) in [6.07, 6.45) is -2.92. The summed E-state index contributed by atoms with van der Waals surface area (Å²) in [5, 5.41) is 2.36. The van der Waals surface area contributed by atoms with Gasteiger partial charge < -0.3 is 9.15 Å². The van der Waals surface area contributed by atoms with Gasteiger partial charge in [0.05, 0.1) is 11.6 Å². The molecule has 0 aliphatic heterocycles. The third-order valence-corrected chi connectivity index (χ3v) is 2.93. The van der Waals surface area contributed by atoms with Gasteiger partial charge >= 0.3 is 5.97 Å². The molecule has 0 fully saturated rings. The van der Waals surface area contributed by atoms with Crippen molar-refractivity contribution in [1.82, 2.24) is 9.97 Å². The number of hydrogen-bond donors (Lipinski definition) is 0. The molecule has 5 nitrogen and oxygen atoms in total. The van der Waals surface area contributed by atoms with Crippen LogP contribution in [0.5, 0.6) is 0 Å². The van der Waals surface area contributed by atoms with Crippen LogP contribution in [0.25, 0.3) is 11.6 Å². The van der Waals surface area contributed by atoms with Gasteiger partial charge in [-0.15, -0.1) is 11.3 Å². The SMILES string of the molecule is CCOC(=O)c1oc(-c2csc(C)n2)nc1C(F)F. The number of aromatic nitrogens is 2. The van der Waals surface area contributed by atoms with Crippen LogP contribution in [0.15, 0.2) is 9.80 Å². The van der Waals surface area contributed by atoms with Crippen LogP contribution in [0.4, 0.5) is 8.78 Å². The van der Waals surface area contributed by atoms with E-state index in [4.69, 9.17) is 4.42 Å². The number of carbonyl (C=O) groups is 1. The van der Waals surface area contributed by atoms with E-state index in [-0.39, 0.29) is 12.5 Å². The molecule has 0 aromatic carbocycles. The Kier molecular flexibility index (Phi) is 3.89. The molecule has 102 valence electrons. The Morgan fingerprint density at radius 2 is 2.26 bits per heavy atom. The molecule has 0 saturated carbocycles. The highest BCUT2D eigenvalue weighted by Crippen LogP contribution is 2.29. The summed E-state index contributed by atoms with van der Waals surface area (Å²) < 4.78 is 35.3. The Labute approximate surface area is 111 Å². The first-order chi connectivity index (χ1) is 9.02. The van der Waals surface area contributed by atoms with Gasteiger partial charge in [0.1, 0.15) is 5.69 Å². The molecule has 0 unspecified atom stereocenters. The van der Waals surface area contributed by atoms with Crippen molar-refractivity contribution < 1.29 is 22.7 Å². The quantitative estimate of drug-likeness (QED) is 0.808. The molecule has 0 N–H and O–H groups in total. The summed E-state index contributed by atoms with van der Waals surface area (Å²) in [6, 6.07) is 0. The van der Waals surface area contributed by atoms with Crippen molar-refractivity contribution in [2.24, 2.45) is 0 Å². The summed E-state index contributed by atoms with van der Waals surface area (Å²) in [6.45, 7) is 3.39. The van der Waals surface area contributed by atoms with Crippen molar-refractivity contribution in [3.63, 3.8) is 0 Å². The lowest BCUT2D eigenvalue weighted by molar-refractivity contribution is 0.0476. The second-order valence-corrected chi connectivity index (χ2v) is 4.57. The predicted octanol–water partition coefficient (Wildman–Crippen LogP) is 3.22. The van der Waals surface area contributed by atoms with E-state index in [1.165, 1.54) is 11.3 Å². The van der Waals surface area contributed by atoms with Gasteiger partial charge in [0.25, 0.3) is 6.43 Å². The second kappa shape index (κ2) is 5.43. The van der Waals surface area contributed by atoms with Crippen molar-refractivity contribution in [2.45, 2.75) is 20.3 Å². The fourth-order valence-corrected chi connectivity index (χ4v) is 1.98. The van der Waals surface area contributed by atoms with E-state index in [9.17, 15) is 13.6 Å². The highest BCUT2D eigenvalue weighted by molar-refractivity contribution is 7.09. The molecule has 0 radical (unpaired) electrons. The summed E-state index contributed by atoms with van der Waals surface area (Å²) in [7, 11) is 0. The van der Waals surface area contributed by atoms with Crippen molar-refractivity contribution >= 4 is 17.3 Å². The normalized spacial score (nSPS) is 11.0. The van der Waals surface area contributed by atoms with Crippen LogP contribution in [-0.4, -0.2) is 22.5 Å². The Bertz CT molecular complexity index is 595. The van der Waals surface area contributed by atoms with E-state index in [1.807, 2.05) is 0 Å². The van der Waals surface area contributed by atoms with E-state index in [0.717, 1.165) is 5.01 Å². The zero-order valence-electron chi connectivity index (χ0n) is 10.1. The van der Waals surface area contributed by atoms with E-state index in [2.05, 4.69) is 14.7 Å². The molecule has 0 bridgehead atoms. The van der Waals surface area contributed by atoms with Crippen LogP contribution in [0.2, 0.25) is 0 Å². The van der Waals surface area contributed by atoms with Gasteiger partial charge in [-0.1, -0.05) is 0 Å². The molecule has 0 spiro atoms. The number of oxazole rings is 1. The first-order valence-electron chi connectivity index (χ1n) is 5.41. The van der Waals surface area contributed by atoms with E-state index in [1.54, 1.807) is 19.2 Å². The van der Waals surface area contributed by atoms with E-state index in [0.29, 0.717) is 5.69 Å². The van der Waals surface area contributed by atoms with Gasteiger partial charge in [-0.05, 0) is 13.8 Å². The first kappa shape index (κ1) is 13.6. The molecule has 19 heavy (non-hydrogen) atoms. The van der Waals surface area contributed by atoms with Crippen LogP contribution >= 0.6 is 11.3 Å². The number of aryl methyl sites for hydroxylation is 1. The third kappa shape index (κ3) is 2.78. The number of thiazole rings is 1. The van der Waals surface area contributed by atoms with Crippen LogP contribution in [0.3, 0.4) is 0 Å². The number of ether oxygens (including phenoxy) is 1. The third-order valence-electron chi connectivity index (χ3n) is 2.16. The fourth-order valence-electron chi connectivity index (χ4n) is 1.39. The van der Waals surface area contributed by atoms with E-state index >= 15 is 0 Å². The minimum absolute atomic E-state index is 0.0629. The van der Waals surface area contributed by atoms with Crippen molar-refractivity contribution in [3.8, 4) is 11.6 Å². The summed E-state index contributed by atoms with van der Waals surface area (Å²) >= 11 is 1.33. The molecule has 0 atom stereocenters. The lowest BCUT2D eigenvalue weighted by atomic mass is 10.3. The van der Waals surface area contributed by atoms with Crippen molar-refractivity contribution in [2.75, 3.05) is 6.61 Å². The van der Waals surface area contributed by atoms with E-state index < -0.39 is 23.8 Å². The van der Waals surface area contributed by atoms with Gasteiger partial charge in [0, 0.05) is 5.38 Å². The van der Waals surface area contributed by atoms with Crippen LogP contribution in [-0.2, 0) is 4.74 Å². The van der Waals surface area contributed by atoms with Crippen LogP contribution in [0.1, 0.15) is 34.6 Å². The Hall–Kier alpha value is -1.83. The Balaban J connectivity index is 2.43. The molecule has 0 saturated heterocycles. The number of carbonyl (C=O) groups excluding carboxylic acids is 1. The molecule has 0 amide bonds. The maximum absolute atomic E-state index is 12.8. The molecule has 2 aromatic rings. The second-order valence-electron chi connectivity index (χ2n) is 3.51. The zero-order valence-corrected chi connectivity index (χ0v) is 11.0. The number of alkyl halides is 2. The maximum Gasteiger partial charge on any atom is 0.376 e. The standard InChI is InChI=1S/C11H10F2N2O3S/c1-3-17-11(16)8-7(9(12)13)15-10(18-8)6-4-19-5(2)14-6/h4,9H,3H2,1-2H3. The lowest BCUT2D eigenvalue weighted by Crippen LogP contribution is -2.06. The van der Waals surface area contributed by atoms with Gasteiger partial charge in [0.2, 0.25) is 11.7 Å². The number of esters is 1. The Morgan fingerprint density at radius 3 is 2.79 bits per heavy atom. The summed E-state index contributed by atoms with van der Waals surface area (Å²) in [5.41, 5.74) is -0.404. The molecule has 2 heterocycles. The minimum atomic E-state index is -2.92. The number of halogens is 2. The summed E-state index contributed by atoms with van der Waals surface area (Å²) in [4.78, 5) is 19.2. The van der Waals surface area contributed by atoms with Gasteiger partial charge in [-0.3, -0.25) is 0 Å². The predicted molar refractivity (Wildman–Crippen MR) is 63.3 cm³/mol. The Morgan fingerprint density at radius 1 is 1.53 bits per heavy atom. The van der Waals surface area contributed by atoms with Crippen molar-refractivity contribution in [1.29, 1.82) is 0 Å². The molecule has 0 aliphatic carbocycles. The van der Waals surface area contributed by atoms with Gasteiger partial charge in [0.15, 0.2) is 5.69 Å². The van der Waals surface area contributed by atoms with Gasteiger partial charge in [-0.25, -0.2) is 23.5 Å². The van der Waals surface area contributed by atoms with Gasteiger partial charge in [-0.2, -0.15) is 0 Å². The van der Waals surface area contributed by atoms with Crippen molar-refractivity contribution in [3.05, 3.63) is 21.8 Å². The molecular formula is C11H10F2N2O3S. The first-order valence-corrected chi connectivity index (χ1v) is 6.29. The average Bonchev–Trinajstić information content (AvgIpc) is 2.94. The number of rotatable bonds is 4. The molecule has 8 heteroatoms. The smallest absolute Gasteiger partial charge is 0.376 e. The monoisotopic (exact) mass is 288 g/mol. The molecule has 2 rings (SSSR count).